The Morgan fingerprint density at radius 3 is 2.29 bits per heavy atom. The highest BCUT2D eigenvalue weighted by atomic mass is 79.9. The van der Waals surface area contributed by atoms with Crippen molar-refractivity contribution < 1.29 is 8.42 Å². The summed E-state index contributed by atoms with van der Waals surface area (Å²) < 4.78 is 29.2. The fourth-order valence-corrected chi connectivity index (χ4v) is 5.56. The molecular weight excluding hydrogens is 511 g/mol. The molecule has 0 unspecified atom stereocenters. The number of hydrogen-bond acceptors (Lipinski definition) is 3. The first-order valence-corrected chi connectivity index (χ1v) is 9.67. The predicted molar refractivity (Wildman–Crippen MR) is 96.2 cm³/mol. The van der Waals surface area contributed by atoms with Crippen molar-refractivity contribution in [3.8, 4) is 0 Å². The minimum Gasteiger partial charge on any atom is -0.398 e. The molecular formula is C12H8Br3ClN2O2S. The summed E-state index contributed by atoms with van der Waals surface area (Å²) in [6, 6.07) is 7.96. The highest BCUT2D eigenvalue weighted by Crippen LogP contribution is 2.34. The highest BCUT2D eigenvalue weighted by molar-refractivity contribution is 9.11. The molecule has 2 rings (SSSR count). The van der Waals surface area contributed by atoms with Gasteiger partial charge in [-0.15, -0.1) is 0 Å². The van der Waals surface area contributed by atoms with Gasteiger partial charge in [-0.05, 0) is 46.3 Å². The molecule has 0 aliphatic carbocycles. The lowest BCUT2D eigenvalue weighted by molar-refractivity contribution is 0.601. The molecule has 0 spiro atoms. The zero-order chi connectivity index (χ0) is 15.8. The fourth-order valence-electron chi connectivity index (χ4n) is 1.63. The SMILES string of the molecule is Nc1cc(Br)cc(Br)c1S(=O)(=O)Nc1ccc(Br)cc1Cl. The van der Waals surface area contributed by atoms with E-state index < -0.39 is 10.0 Å². The fraction of sp³-hybridized carbons (Fsp3) is 0. The highest BCUT2D eigenvalue weighted by Gasteiger charge is 2.22. The number of benzene rings is 2. The minimum absolute atomic E-state index is 0.0373. The Morgan fingerprint density at radius 1 is 1.05 bits per heavy atom. The molecule has 0 amide bonds. The molecule has 4 nitrogen and oxygen atoms in total. The Labute approximate surface area is 152 Å². The molecule has 2 aromatic carbocycles. The van der Waals surface area contributed by atoms with Gasteiger partial charge in [0.15, 0.2) is 0 Å². The van der Waals surface area contributed by atoms with E-state index in [9.17, 15) is 8.42 Å². The number of rotatable bonds is 3. The van der Waals surface area contributed by atoms with Crippen LogP contribution in [0.5, 0.6) is 0 Å². The zero-order valence-electron chi connectivity index (χ0n) is 10.2. The van der Waals surface area contributed by atoms with Crippen LogP contribution in [0.15, 0.2) is 48.6 Å². The van der Waals surface area contributed by atoms with Gasteiger partial charge in [0.2, 0.25) is 0 Å². The molecule has 0 saturated heterocycles. The second-order valence-corrected chi connectivity index (χ2v) is 8.75. The molecule has 2 aromatic rings. The monoisotopic (exact) mass is 516 g/mol. The smallest absolute Gasteiger partial charge is 0.265 e. The second-order valence-electron chi connectivity index (χ2n) is 4.04. The molecule has 0 saturated carbocycles. The van der Waals surface area contributed by atoms with E-state index in [-0.39, 0.29) is 21.3 Å². The summed E-state index contributed by atoms with van der Waals surface area (Å²) in [6.07, 6.45) is 0. The van der Waals surface area contributed by atoms with Gasteiger partial charge in [0.05, 0.1) is 16.4 Å². The van der Waals surface area contributed by atoms with E-state index in [1.807, 2.05) is 0 Å². The van der Waals surface area contributed by atoms with E-state index in [1.54, 1.807) is 24.3 Å². The topological polar surface area (TPSA) is 72.2 Å². The second kappa shape index (κ2) is 6.45. The number of sulfonamides is 1. The number of nitrogens with two attached hydrogens (primary N) is 1. The number of halogens is 4. The van der Waals surface area contributed by atoms with Crippen molar-refractivity contribution >= 4 is 80.8 Å². The van der Waals surface area contributed by atoms with Crippen molar-refractivity contribution in [2.75, 3.05) is 10.5 Å². The van der Waals surface area contributed by atoms with Crippen LogP contribution in [-0.4, -0.2) is 8.42 Å². The number of nitrogen functional groups attached to an aromatic ring is 1. The summed E-state index contributed by atoms with van der Waals surface area (Å²) in [5.41, 5.74) is 6.20. The summed E-state index contributed by atoms with van der Waals surface area (Å²) in [5, 5.41) is 0.278. The van der Waals surface area contributed by atoms with Crippen molar-refractivity contribution in [2.45, 2.75) is 4.90 Å². The van der Waals surface area contributed by atoms with Crippen molar-refractivity contribution in [3.63, 3.8) is 0 Å². The van der Waals surface area contributed by atoms with Crippen LogP contribution in [0, 0.1) is 0 Å². The molecule has 0 aliphatic heterocycles. The maximum absolute atomic E-state index is 12.5. The van der Waals surface area contributed by atoms with Crippen LogP contribution in [-0.2, 0) is 10.0 Å². The van der Waals surface area contributed by atoms with Gasteiger partial charge in [-0.25, -0.2) is 8.42 Å². The molecule has 0 bridgehead atoms. The first-order chi connectivity index (χ1) is 9.70. The maximum Gasteiger partial charge on any atom is 0.265 e. The average molecular weight is 519 g/mol. The third-order valence-electron chi connectivity index (χ3n) is 2.48. The predicted octanol–water partition coefficient (Wildman–Crippen LogP) is 5.01. The van der Waals surface area contributed by atoms with Crippen molar-refractivity contribution in [1.29, 1.82) is 0 Å². The van der Waals surface area contributed by atoms with Gasteiger partial charge in [-0.3, -0.25) is 4.72 Å². The normalized spacial score (nSPS) is 11.4. The Hall–Kier alpha value is -0.280. The Kier molecular flexibility index (Phi) is 5.25. The molecule has 0 heterocycles. The lowest BCUT2D eigenvalue weighted by Crippen LogP contribution is -2.15. The van der Waals surface area contributed by atoms with Crippen molar-refractivity contribution in [2.24, 2.45) is 0 Å². The lowest BCUT2D eigenvalue weighted by atomic mass is 10.3. The quantitative estimate of drug-likeness (QED) is 0.561. The van der Waals surface area contributed by atoms with Crippen LogP contribution >= 0.6 is 59.4 Å². The van der Waals surface area contributed by atoms with Crippen LogP contribution in [0.4, 0.5) is 11.4 Å². The standard InChI is InChI=1S/C12H8Br3ClN2O2S/c13-6-1-2-11(9(16)4-6)18-21(19,20)12-8(15)3-7(14)5-10(12)17/h1-5,18H,17H2. The maximum atomic E-state index is 12.5. The molecule has 0 aliphatic rings. The molecule has 112 valence electrons. The van der Waals surface area contributed by atoms with Crippen LogP contribution in [0.2, 0.25) is 5.02 Å². The van der Waals surface area contributed by atoms with Gasteiger partial charge in [0.25, 0.3) is 10.0 Å². The summed E-state index contributed by atoms with van der Waals surface area (Å²) in [5.74, 6) is 0. The molecule has 0 atom stereocenters. The van der Waals surface area contributed by atoms with Gasteiger partial charge in [-0.2, -0.15) is 0 Å². The van der Waals surface area contributed by atoms with Gasteiger partial charge >= 0.3 is 0 Å². The summed E-state index contributed by atoms with van der Waals surface area (Å²) >= 11 is 15.7. The summed E-state index contributed by atoms with van der Waals surface area (Å²) in [7, 11) is -3.87. The number of anilines is 2. The van der Waals surface area contributed by atoms with Crippen molar-refractivity contribution in [3.05, 3.63) is 48.8 Å². The molecule has 0 fully saturated rings. The van der Waals surface area contributed by atoms with Crippen molar-refractivity contribution in [1.82, 2.24) is 0 Å². The zero-order valence-corrected chi connectivity index (χ0v) is 16.5. The molecule has 3 N–H and O–H groups in total. The van der Waals surface area contributed by atoms with E-state index in [2.05, 4.69) is 52.5 Å². The van der Waals surface area contributed by atoms with Crippen LogP contribution in [0.25, 0.3) is 0 Å². The average Bonchev–Trinajstić information content (AvgIpc) is 2.30. The number of nitrogens with one attached hydrogen (secondary N) is 1. The summed E-state index contributed by atoms with van der Waals surface area (Å²) in [4.78, 5) is -0.0373. The van der Waals surface area contributed by atoms with Gasteiger partial charge in [0.1, 0.15) is 4.90 Å². The van der Waals surface area contributed by atoms with Crippen LogP contribution < -0.4 is 10.5 Å². The van der Waals surface area contributed by atoms with Crippen LogP contribution in [0.1, 0.15) is 0 Å². The Morgan fingerprint density at radius 2 is 1.71 bits per heavy atom. The van der Waals surface area contributed by atoms with Gasteiger partial charge in [-0.1, -0.05) is 43.5 Å². The third kappa shape index (κ3) is 3.92. The Balaban J connectivity index is 2.48. The first kappa shape index (κ1) is 17.1. The third-order valence-corrected chi connectivity index (χ3v) is 6.11. The van der Waals surface area contributed by atoms with E-state index in [1.165, 1.54) is 6.07 Å². The van der Waals surface area contributed by atoms with Gasteiger partial charge in [0, 0.05) is 13.4 Å². The van der Waals surface area contributed by atoms with Crippen LogP contribution in [0.3, 0.4) is 0 Å². The largest absolute Gasteiger partial charge is 0.398 e. The minimum atomic E-state index is -3.87. The lowest BCUT2D eigenvalue weighted by Gasteiger charge is -2.13. The van der Waals surface area contributed by atoms with E-state index >= 15 is 0 Å². The van der Waals surface area contributed by atoms with E-state index in [0.717, 1.165) is 4.47 Å². The molecule has 0 aromatic heterocycles. The number of hydrogen-bond donors (Lipinski definition) is 2. The van der Waals surface area contributed by atoms with E-state index in [4.69, 9.17) is 17.3 Å². The van der Waals surface area contributed by atoms with Gasteiger partial charge < -0.3 is 5.73 Å². The van der Waals surface area contributed by atoms with E-state index in [0.29, 0.717) is 8.95 Å². The molecule has 9 heteroatoms. The molecule has 0 radical (unpaired) electrons. The first-order valence-electron chi connectivity index (χ1n) is 5.43. The Bertz CT molecular complexity index is 789. The summed E-state index contributed by atoms with van der Waals surface area (Å²) in [6.45, 7) is 0. The molecule has 21 heavy (non-hydrogen) atoms.